The fourth-order valence-electron chi connectivity index (χ4n) is 20.6. The molecule has 1 aliphatic carbocycles. The third-order valence-corrected chi connectivity index (χ3v) is 27.2. The third-order valence-electron chi connectivity index (χ3n) is 27.2. The normalized spacial score (nSPS) is 11.9. The number of rotatable bonds is 19. The number of hydrogen-bond acceptors (Lipinski definition) is 1. The van der Waals surface area contributed by atoms with Crippen LogP contribution in [0.15, 0.2) is 538 Å². The van der Waals surface area contributed by atoms with Crippen LogP contribution in [0.3, 0.4) is 0 Å². The Labute approximate surface area is 782 Å². The Bertz CT molecular complexity index is 7350. The van der Waals surface area contributed by atoms with Crippen LogP contribution in [-0.4, -0.2) is 0 Å². The zero-order valence-corrected chi connectivity index (χ0v) is 73.7. The van der Waals surface area contributed by atoms with E-state index >= 15 is 0 Å². The smallest absolute Gasteiger partial charge is 0.136 e. The van der Waals surface area contributed by atoms with Gasteiger partial charge in [-0.15, -0.1) is 0 Å². The van der Waals surface area contributed by atoms with Gasteiger partial charge in [0.25, 0.3) is 0 Å². The molecule has 0 fully saturated rings. The zero-order chi connectivity index (χ0) is 88.8. The van der Waals surface area contributed by atoms with Crippen LogP contribution in [0.2, 0.25) is 0 Å². The maximum absolute atomic E-state index is 7.12. The molecule has 0 amide bonds. The van der Waals surface area contributed by atoms with Crippen molar-refractivity contribution in [3.05, 3.63) is 556 Å². The van der Waals surface area contributed by atoms with Gasteiger partial charge in [0.1, 0.15) is 11.2 Å². The van der Waals surface area contributed by atoms with Gasteiger partial charge in [0.15, 0.2) is 0 Å². The summed E-state index contributed by atoms with van der Waals surface area (Å²) in [6.45, 7) is 0. The van der Waals surface area contributed by atoms with Gasteiger partial charge in [-0.25, -0.2) is 0 Å². The summed E-state index contributed by atoms with van der Waals surface area (Å²) in [6, 6.07) is 199. The lowest BCUT2D eigenvalue weighted by Gasteiger charge is -2.36. The lowest BCUT2D eigenvalue weighted by molar-refractivity contribution is 0.668. The molecule has 0 aliphatic heterocycles. The quantitative estimate of drug-likeness (QED) is 0.0786. The van der Waals surface area contributed by atoms with Crippen LogP contribution in [0.5, 0.6) is 0 Å². The van der Waals surface area contributed by atoms with Gasteiger partial charge in [0.2, 0.25) is 0 Å². The summed E-state index contributed by atoms with van der Waals surface area (Å²) < 4.78 is 7.12. The fraction of sp³-hybridized carbons (Fsp3) is 0.00752. The first kappa shape index (κ1) is 80.0. The molecule has 1 aromatic heterocycles. The van der Waals surface area contributed by atoms with Crippen LogP contribution in [0, 0.1) is 0 Å². The van der Waals surface area contributed by atoms with Gasteiger partial charge in [-0.1, -0.05) is 382 Å². The summed E-state index contributed by atoms with van der Waals surface area (Å²) in [6.07, 6.45) is 0. The Morgan fingerprint density at radius 3 is 0.590 bits per heavy atom. The zero-order valence-electron chi connectivity index (χ0n) is 73.7. The van der Waals surface area contributed by atoms with Gasteiger partial charge >= 0.3 is 0 Å². The highest BCUT2D eigenvalue weighted by Gasteiger charge is 2.49. The summed E-state index contributed by atoms with van der Waals surface area (Å²) in [5.41, 5.74) is 45.7. The van der Waals surface area contributed by atoms with Crippen molar-refractivity contribution >= 4 is 21.9 Å². The average molecular weight is 1700 g/mol. The molecule has 0 saturated carbocycles. The molecule has 24 rings (SSSR count). The molecule has 1 aliphatic rings. The number of benzene rings is 22. The minimum absolute atomic E-state index is 0.835. The molecule has 0 unspecified atom stereocenters. The topological polar surface area (TPSA) is 13.1 Å². The van der Waals surface area contributed by atoms with Crippen LogP contribution < -0.4 is 0 Å². The molecule has 1 nitrogen and oxygen atoms in total. The van der Waals surface area contributed by atoms with Crippen molar-refractivity contribution in [2.75, 3.05) is 0 Å². The van der Waals surface area contributed by atoms with Crippen LogP contribution >= 0.6 is 0 Å². The van der Waals surface area contributed by atoms with Crippen molar-refractivity contribution in [1.29, 1.82) is 0 Å². The number of fused-ring (bicyclic) bond motifs is 7. The molecule has 1 heteroatoms. The van der Waals surface area contributed by atoms with E-state index in [2.05, 4.69) is 534 Å². The van der Waals surface area contributed by atoms with Crippen LogP contribution in [0.4, 0.5) is 0 Å². The van der Waals surface area contributed by atoms with E-state index in [-0.39, 0.29) is 0 Å². The van der Waals surface area contributed by atoms with Crippen LogP contribution in [0.1, 0.15) is 22.3 Å². The van der Waals surface area contributed by atoms with E-state index in [1.54, 1.807) is 0 Å². The first-order chi connectivity index (χ1) is 66.3. The standard InChI is InChI=1S/C133H88O/c1-10-34-89(35-11-1)106-62-63-125-128(88-106)133(127-64-65-130-132(131(125)127)126-60-28-29-61-129(126)134-130,123-84-119(102-56-30-52-98(66-102)115-74-107(90-36-12-2-13-37-90)70-108(75-115)91-38-14-3-15-39-91)82-120(85-123)103-57-31-53-99(67-103)116-76-109(92-40-16-4-17-41-92)71-110(77-116)93-42-18-5-19-43-93)124-86-121(104-58-32-54-100(68-104)117-78-111(94-44-20-6-21-45-94)72-112(79-117)95-46-22-7-23-47-95)83-122(87-124)105-59-33-55-101(69-105)118-80-113(96-48-24-8-25-49-96)73-114(81-118)97-50-26-9-27-51-97/h1-88H. The van der Waals surface area contributed by atoms with Crippen molar-refractivity contribution in [1.82, 2.24) is 0 Å². The van der Waals surface area contributed by atoms with Crippen molar-refractivity contribution in [3.8, 4) is 200 Å². The molecule has 0 saturated heterocycles. The highest BCUT2D eigenvalue weighted by atomic mass is 16.3. The van der Waals surface area contributed by atoms with Gasteiger partial charge in [-0.3, -0.25) is 0 Å². The summed E-state index contributed by atoms with van der Waals surface area (Å²) >= 11 is 0. The fourth-order valence-corrected chi connectivity index (χ4v) is 20.6. The van der Waals surface area contributed by atoms with E-state index < -0.39 is 5.41 Å². The van der Waals surface area contributed by atoms with Crippen LogP contribution in [-0.2, 0) is 5.41 Å². The van der Waals surface area contributed by atoms with Crippen LogP contribution in [0.25, 0.3) is 222 Å². The predicted molar refractivity (Wildman–Crippen MR) is 563 cm³/mol. The Morgan fingerprint density at radius 1 is 0.127 bits per heavy atom. The Morgan fingerprint density at radius 2 is 0.328 bits per heavy atom. The Hall–Kier alpha value is -17.4. The SMILES string of the molecule is c1ccc(-c2cc(-c3ccccc3)cc(-c3cccc(-c4cc(-c5cccc(-c6cc(-c7ccccc7)cc(-c7ccccc7)c6)c5)cc(C5(c6cc(-c7cccc(-c8cc(-c9ccccc9)cc(-c9ccccc9)c8)c7)cc(-c7cccc(-c8cc(-c9ccccc9)cc(-c9ccccc9)c8)c7)c6)c6cc(-c7ccccc7)ccc6-c6c5ccc5oc7ccccc7c65)c4)c3)c2)cc1. The second-order valence-electron chi connectivity index (χ2n) is 35.4. The Kier molecular flexibility index (Phi) is 20.6. The molecule has 134 heavy (non-hydrogen) atoms. The maximum Gasteiger partial charge on any atom is 0.136 e. The number of hydrogen-bond donors (Lipinski definition) is 0. The minimum atomic E-state index is -1.12. The van der Waals surface area contributed by atoms with Gasteiger partial charge in [-0.2, -0.15) is 0 Å². The van der Waals surface area contributed by atoms with E-state index in [0.717, 1.165) is 244 Å². The molecule has 0 spiro atoms. The molecule has 626 valence electrons. The summed E-state index contributed by atoms with van der Waals surface area (Å²) in [4.78, 5) is 0. The maximum atomic E-state index is 7.12. The van der Waals surface area contributed by atoms with E-state index in [1.807, 2.05) is 0 Å². The molecule has 0 atom stereocenters. The lowest BCUT2D eigenvalue weighted by atomic mass is 9.65. The Balaban J connectivity index is 0.804. The van der Waals surface area contributed by atoms with E-state index in [0.29, 0.717) is 0 Å². The van der Waals surface area contributed by atoms with Crippen molar-refractivity contribution in [2.45, 2.75) is 5.41 Å². The number of para-hydroxylation sites is 1. The summed E-state index contributed by atoms with van der Waals surface area (Å²) in [5.74, 6) is 0. The molecule has 0 radical (unpaired) electrons. The average Bonchev–Trinajstić information content (AvgIpc) is 1.53. The second-order valence-corrected chi connectivity index (χ2v) is 35.4. The van der Waals surface area contributed by atoms with Crippen molar-refractivity contribution in [3.63, 3.8) is 0 Å². The highest BCUT2D eigenvalue weighted by Crippen LogP contribution is 2.62. The molecular formula is C133H88O. The molecule has 23 aromatic rings. The molecular weight excluding hydrogens is 1610 g/mol. The summed E-state index contributed by atoms with van der Waals surface area (Å²) in [5, 5.41) is 2.15. The first-order valence-corrected chi connectivity index (χ1v) is 46.3. The summed E-state index contributed by atoms with van der Waals surface area (Å²) in [7, 11) is 0. The number of furan rings is 1. The molecule has 22 aromatic carbocycles. The van der Waals surface area contributed by atoms with E-state index in [4.69, 9.17) is 4.42 Å². The largest absolute Gasteiger partial charge is 0.456 e. The molecule has 0 N–H and O–H groups in total. The second kappa shape index (κ2) is 34.6. The first-order valence-electron chi connectivity index (χ1n) is 46.3. The minimum Gasteiger partial charge on any atom is -0.456 e. The van der Waals surface area contributed by atoms with Gasteiger partial charge < -0.3 is 4.42 Å². The van der Waals surface area contributed by atoms with Gasteiger partial charge in [0.05, 0.1) is 5.41 Å². The van der Waals surface area contributed by atoms with Gasteiger partial charge in [-0.05, 0) is 374 Å². The van der Waals surface area contributed by atoms with Gasteiger partial charge in [0, 0.05) is 10.8 Å². The molecule has 0 bridgehead atoms. The van der Waals surface area contributed by atoms with E-state index in [1.165, 1.54) is 0 Å². The highest BCUT2D eigenvalue weighted by molar-refractivity contribution is 6.16. The predicted octanol–water partition coefficient (Wildman–Crippen LogP) is 36.3. The van der Waals surface area contributed by atoms with Crippen molar-refractivity contribution in [2.24, 2.45) is 0 Å². The van der Waals surface area contributed by atoms with E-state index in [9.17, 15) is 0 Å². The van der Waals surface area contributed by atoms with Crippen molar-refractivity contribution < 1.29 is 4.42 Å². The third kappa shape index (κ3) is 15.2. The lowest BCUT2D eigenvalue weighted by Crippen LogP contribution is -2.29. The molecule has 1 heterocycles. The monoisotopic (exact) mass is 1700 g/mol.